The van der Waals surface area contributed by atoms with E-state index in [1.807, 2.05) is 4.90 Å². The Kier molecular flexibility index (Phi) is 3.61. The number of carboxylic acid groups (broad SMARTS) is 1. The molecule has 1 N–H and O–H groups in total. The Balaban J connectivity index is 1.70. The fraction of sp³-hybridized carbons (Fsp3) is 0.467. The molecule has 20 heavy (non-hydrogen) atoms. The van der Waals surface area contributed by atoms with Crippen molar-refractivity contribution >= 4 is 29.3 Å². The van der Waals surface area contributed by atoms with Gasteiger partial charge in [0.05, 0.1) is 4.88 Å². The van der Waals surface area contributed by atoms with Gasteiger partial charge in [0.2, 0.25) is 0 Å². The SMILES string of the molecule is O=C(O)C=Cc1ccc(C(=O)N(CC2CC2)C2CC2)s1. The largest absolute Gasteiger partial charge is 0.478 e. The highest BCUT2D eigenvalue weighted by Gasteiger charge is 2.37. The molecule has 2 aliphatic carbocycles. The molecule has 0 spiro atoms. The molecule has 0 aliphatic heterocycles. The summed E-state index contributed by atoms with van der Waals surface area (Å²) in [5.74, 6) is -0.162. The van der Waals surface area contributed by atoms with Gasteiger partial charge in [-0.15, -0.1) is 11.3 Å². The highest BCUT2D eigenvalue weighted by atomic mass is 32.1. The molecule has 0 radical (unpaired) electrons. The van der Waals surface area contributed by atoms with Gasteiger partial charge < -0.3 is 10.0 Å². The molecule has 106 valence electrons. The van der Waals surface area contributed by atoms with E-state index in [1.54, 1.807) is 12.1 Å². The van der Waals surface area contributed by atoms with E-state index in [0.717, 1.165) is 30.3 Å². The second-order valence-electron chi connectivity index (χ2n) is 5.51. The number of carboxylic acids is 1. The molecule has 1 amide bonds. The molecule has 3 rings (SSSR count). The maximum absolute atomic E-state index is 12.5. The standard InChI is InChI=1S/C15H17NO3S/c17-14(18)8-6-12-5-7-13(20-12)15(19)16(11-3-4-11)9-10-1-2-10/h5-8,10-11H,1-4,9H2,(H,17,18). The quantitative estimate of drug-likeness (QED) is 0.820. The van der Waals surface area contributed by atoms with Gasteiger partial charge >= 0.3 is 5.97 Å². The Bertz CT molecular complexity index is 555. The van der Waals surface area contributed by atoms with Crippen molar-refractivity contribution in [2.45, 2.75) is 31.7 Å². The first-order chi connectivity index (χ1) is 9.63. The molecule has 0 saturated heterocycles. The van der Waals surface area contributed by atoms with Crippen molar-refractivity contribution in [1.29, 1.82) is 0 Å². The molecule has 2 saturated carbocycles. The molecule has 2 fully saturated rings. The van der Waals surface area contributed by atoms with Crippen molar-refractivity contribution in [2.75, 3.05) is 6.54 Å². The first-order valence-electron chi connectivity index (χ1n) is 6.95. The highest BCUT2D eigenvalue weighted by molar-refractivity contribution is 7.14. The monoisotopic (exact) mass is 291 g/mol. The number of hydrogen-bond acceptors (Lipinski definition) is 3. The summed E-state index contributed by atoms with van der Waals surface area (Å²) in [5.41, 5.74) is 0. The predicted octanol–water partition coefficient (Wildman–Crippen LogP) is 2.86. The van der Waals surface area contributed by atoms with Gasteiger partial charge in [0.1, 0.15) is 0 Å². The van der Waals surface area contributed by atoms with Crippen LogP contribution in [-0.2, 0) is 4.79 Å². The van der Waals surface area contributed by atoms with Crippen LogP contribution in [0.1, 0.15) is 40.2 Å². The zero-order valence-electron chi connectivity index (χ0n) is 11.1. The summed E-state index contributed by atoms with van der Waals surface area (Å²) < 4.78 is 0. The topological polar surface area (TPSA) is 57.6 Å². The predicted molar refractivity (Wildman–Crippen MR) is 77.8 cm³/mol. The van der Waals surface area contributed by atoms with E-state index in [9.17, 15) is 9.59 Å². The van der Waals surface area contributed by atoms with Crippen LogP contribution < -0.4 is 0 Å². The number of carbonyl (C=O) groups excluding carboxylic acids is 1. The van der Waals surface area contributed by atoms with Crippen LogP contribution in [0, 0.1) is 5.92 Å². The van der Waals surface area contributed by atoms with Crippen molar-refractivity contribution in [1.82, 2.24) is 4.90 Å². The summed E-state index contributed by atoms with van der Waals surface area (Å²) in [6.45, 7) is 0.891. The van der Waals surface area contributed by atoms with Gasteiger partial charge in [0, 0.05) is 23.5 Å². The van der Waals surface area contributed by atoms with Gasteiger partial charge in [0.15, 0.2) is 0 Å². The van der Waals surface area contributed by atoms with Crippen LogP contribution in [0.3, 0.4) is 0 Å². The van der Waals surface area contributed by atoms with Gasteiger partial charge in [-0.1, -0.05) is 0 Å². The Hall–Kier alpha value is -1.62. The lowest BCUT2D eigenvalue weighted by Gasteiger charge is -2.21. The molecule has 0 atom stereocenters. The van der Waals surface area contributed by atoms with E-state index in [-0.39, 0.29) is 5.91 Å². The lowest BCUT2D eigenvalue weighted by molar-refractivity contribution is -0.131. The molecule has 4 nitrogen and oxygen atoms in total. The summed E-state index contributed by atoms with van der Waals surface area (Å²) in [4.78, 5) is 26.6. The number of amides is 1. The average Bonchev–Trinajstić information content (AvgIpc) is 3.32. The second-order valence-corrected chi connectivity index (χ2v) is 6.62. The lowest BCUT2D eigenvalue weighted by Crippen LogP contribution is -2.34. The van der Waals surface area contributed by atoms with Crippen LogP contribution in [0.15, 0.2) is 18.2 Å². The van der Waals surface area contributed by atoms with Crippen molar-refractivity contribution in [3.63, 3.8) is 0 Å². The minimum absolute atomic E-state index is 0.111. The van der Waals surface area contributed by atoms with Crippen molar-refractivity contribution in [3.8, 4) is 0 Å². The average molecular weight is 291 g/mol. The first kappa shape index (κ1) is 13.4. The summed E-state index contributed by atoms with van der Waals surface area (Å²) >= 11 is 1.36. The van der Waals surface area contributed by atoms with Crippen molar-refractivity contribution in [2.24, 2.45) is 5.92 Å². The molecule has 0 bridgehead atoms. The van der Waals surface area contributed by atoms with E-state index in [4.69, 9.17) is 5.11 Å². The maximum atomic E-state index is 12.5. The van der Waals surface area contributed by atoms with Gasteiger partial charge in [-0.05, 0) is 49.8 Å². The Morgan fingerprint density at radius 3 is 2.65 bits per heavy atom. The Morgan fingerprint density at radius 1 is 1.30 bits per heavy atom. The zero-order valence-corrected chi connectivity index (χ0v) is 11.9. The molecule has 1 heterocycles. The maximum Gasteiger partial charge on any atom is 0.328 e. The molecule has 0 unspecified atom stereocenters. The molecular formula is C15H17NO3S. The third-order valence-electron chi connectivity index (χ3n) is 3.63. The molecular weight excluding hydrogens is 274 g/mol. The van der Waals surface area contributed by atoms with Crippen LogP contribution in [0.5, 0.6) is 0 Å². The summed E-state index contributed by atoms with van der Waals surface area (Å²) in [5, 5.41) is 8.61. The molecule has 1 aromatic heterocycles. The van der Waals surface area contributed by atoms with Gasteiger partial charge in [0.25, 0.3) is 5.91 Å². The fourth-order valence-electron chi connectivity index (χ4n) is 2.21. The van der Waals surface area contributed by atoms with E-state index >= 15 is 0 Å². The van der Waals surface area contributed by atoms with Crippen LogP contribution in [0.2, 0.25) is 0 Å². The molecule has 5 heteroatoms. The first-order valence-corrected chi connectivity index (χ1v) is 7.77. The number of thiophene rings is 1. The van der Waals surface area contributed by atoms with E-state index in [2.05, 4.69) is 0 Å². The van der Waals surface area contributed by atoms with E-state index in [0.29, 0.717) is 16.8 Å². The summed E-state index contributed by atoms with van der Waals surface area (Å²) in [7, 11) is 0. The minimum Gasteiger partial charge on any atom is -0.478 e. The number of nitrogens with zero attached hydrogens (tertiary/aromatic N) is 1. The van der Waals surface area contributed by atoms with Gasteiger partial charge in [-0.2, -0.15) is 0 Å². The third kappa shape index (κ3) is 3.28. The molecule has 0 aromatic carbocycles. The van der Waals surface area contributed by atoms with Crippen LogP contribution >= 0.6 is 11.3 Å². The number of carbonyl (C=O) groups is 2. The summed E-state index contributed by atoms with van der Waals surface area (Å²) in [6.07, 6.45) is 7.36. The van der Waals surface area contributed by atoms with E-state index in [1.165, 1.54) is 30.3 Å². The molecule has 1 aromatic rings. The number of hydrogen-bond donors (Lipinski definition) is 1. The van der Waals surface area contributed by atoms with E-state index < -0.39 is 5.97 Å². The molecule has 2 aliphatic rings. The minimum atomic E-state index is -0.973. The summed E-state index contributed by atoms with van der Waals surface area (Å²) in [6, 6.07) is 4.04. The zero-order chi connectivity index (χ0) is 14.1. The normalized spacial score (nSPS) is 18.4. The Labute approximate surface area is 121 Å². The number of aliphatic carboxylic acids is 1. The van der Waals surface area contributed by atoms with Crippen LogP contribution in [-0.4, -0.2) is 34.5 Å². The second kappa shape index (κ2) is 5.40. The lowest BCUT2D eigenvalue weighted by atomic mass is 10.3. The van der Waals surface area contributed by atoms with Crippen molar-refractivity contribution in [3.05, 3.63) is 28.0 Å². The van der Waals surface area contributed by atoms with Crippen LogP contribution in [0.4, 0.5) is 0 Å². The van der Waals surface area contributed by atoms with Gasteiger partial charge in [-0.25, -0.2) is 4.79 Å². The smallest absolute Gasteiger partial charge is 0.328 e. The third-order valence-corrected chi connectivity index (χ3v) is 4.67. The van der Waals surface area contributed by atoms with Crippen molar-refractivity contribution < 1.29 is 14.7 Å². The number of rotatable bonds is 6. The van der Waals surface area contributed by atoms with Crippen LogP contribution in [0.25, 0.3) is 6.08 Å². The fourth-order valence-corrected chi connectivity index (χ4v) is 3.08. The van der Waals surface area contributed by atoms with Gasteiger partial charge in [-0.3, -0.25) is 4.79 Å². The highest BCUT2D eigenvalue weighted by Crippen LogP contribution is 2.36. The Morgan fingerprint density at radius 2 is 2.05 bits per heavy atom.